The molecule has 1 heterocycles. The van der Waals surface area contributed by atoms with E-state index in [-0.39, 0.29) is 23.0 Å². The number of aromatic amines is 1. The average molecular weight is 368 g/mol. The number of aromatic nitrogens is 2. The highest BCUT2D eigenvalue weighted by Gasteiger charge is 2.10. The van der Waals surface area contributed by atoms with Gasteiger partial charge in [0.1, 0.15) is 11.6 Å². The molecule has 1 aromatic heterocycles. The minimum absolute atomic E-state index is 0.0616. The minimum atomic E-state index is -0.359. The zero-order valence-electron chi connectivity index (χ0n) is 13.6. The number of nitrogens with zero attached hydrogens (tertiary/aromatic N) is 1. The van der Waals surface area contributed by atoms with Crippen molar-refractivity contribution >= 4 is 29.2 Å². The molecule has 8 heteroatoms. The number of thioether (sulfide) groups is 1. The van der Waals surface area contributed by atoms with Crippen LogP contribution in [-0.4, -0.2) is 21.6 Å². The molecular formula is C18H16N4O3S. The summed E-state index contributed by atoms with van der Waals surface area (Å²) in [4.78, 5) is 30.1. The van der Waals surface area contributed by atoms with Crippen LogP contribution in [0.3, 0.4) is 0 Å². The summed E-state index contributed by atoms with van der Waals surface area (Å²) in [6.07, 6.45) is 0. The number of ether oxygens (including phenoxy) is 1. The SMILES string of the molecule is Nc1cc(=O)[nH]c(SCC(=O)Nc2ccccc2Oc2ccccc2)n1. The number of hydrogen-bond donors (Lipinski definition) is 3. The van der Waals surface area contributed by atoms with Crippen LogP contribution in [0, 0.1) is 0 Å². The molecule has 7 nitrogen and oxygen atoms in total. The zero-order chi connectivity index (χ0) is 18.4. The molecule has 3 aromatic rings. The van der Waals surface area contributed by atoms with Crippen molar-refractivity contribution in [3.05, 3.63) is 71.0 Å². The summed E-state index contributed by atoms with van der Waals surface area (Å²) in [7, 11) is 0. The molecular weight excluding hydrogens is 352 g/mol. The van der Waals surface area contributed by atoms with Gasteiger partial charge in [-0.1, -0.05) is 42.1 Å². The van der Waals surface area contributed by atoms with E-state index in [2.05, 4.69) is 15.3 Å². The molecule has 0 aliphatic heterocycles. The number of carbonyl (C=O) groups is 1. The summed E-state index contributed by atoms with van der Waals surface area (Å²) in [5, 5.41) is 3.09. The Morgan fingerprint density at radius 1 is 1.15 bits per heavy atom. The van der Waals surface area contributed by atoms with Crippen LogP contribution in [0.15, 0.2) is 70.6 Å². The van der Waals surface area contributed by atoms with Gasteiger partial charge in [-0.15, -0.1) is 0 Å². The maximum absolute atomic E-state index is 12.2. The number of nitrogens with one attached hydrogen (secondary N) is 2. The lowest BCUT2D eigenvalue weighted by Crippen LogP contribution is -2.16. The van der Waals surface area contributed by atoms with Crippen molar-refractivity contribution in [1.29, 1.82) is 0 Å². The van der Waals surface area contributed by atoms with Crippen LogP contribution in [0.4, 0.5) is 11.5 Å². The second-order valence-corrected chi connectivity index (χ2v) is 6.19. The van der Waals surface area contributed by atoms with E-state index in [1.807, 2.05) is 36.4 Å². The molecule has 4 N–H and O–H groups in total. The summed E-state index contributed by atoms with van der Waals surface area (Å²) in [5.74, 6) is 1.12. The molecule has 132 valence electrons. The first kappa shape index (κ1) is 17.6. The minimum Gasteiger partial charge on any atom is -0.455 e. The second kappa shape index (κ2) is 8.21. The molecule has 2 aromatic carbocycles. The highest BCUT2D eigenvalue weighted by Crippen LogP contribution is 2.29. The second-order valence-electron chi connectivity index (χ2n) is 5.22. The van der Waals surface area contributed by atoms with Gasteiger partial charge in [-0.2, -0.15) is 0 Å². The molecule has 0 saturated carbocycles. The zero-order valence-corrected chi connectivity index (χ0v) is 14.5. The summed E-state index contributed by atoms with van der Waals surface area (Å²) in [6, 6.07) is 17.6. The topological polar surface area (TPSA) is 110 Å². The smallest absolute Gasteiger partial charge is 0.253 e. The van der Waals surface area contributed by atoms with Crippen molar-refractivity contribution in [2.45, 2.75) is 5.16 Å². The third-order valence-electron chi connectivity index (χ3n) is 3.21. The first-order valence-corrected chi connectivity index (χ1v) is 8.70. The molecule has 3 rings (SSSR count). The number of hydrogen-bond acceptors (Lipinski definition) is 6. The summed E-state index contributed by atoms with van der Waals surface area (Å²) in [5.41, 5.74) is 5.71. The number of anilines is 2. The number of para-hydroxylation sites is 3. The fraction of sp³-hybridized carbons (Fsp3) is 0.0556. The number of rotatable bonds is 6. The van der Waals surface area contributed by atoms with Gasteiger partial charge in [0.15, 0.2) is 10.9 Å². The van der Waals surface area contributed by atoms with Crippen molar-refractivity contribution in [2.24, 2.45) is 0 Å². The lowest BCUT2D eigenvalue weighted by Gasteiger charge is -2.12. The van der Waals surface area contributed by atoms with E-state index in [1.54, 1.807) is 18.2 Å². The molecule has 26 heavy (non-hydrogen) atoms. The van der Waals surface area contributed by atoms with Crippen LogP contribution >= 0.6 is 11.8 Å². The van der Waals surface area contributed by atoms with Crippen molar-refractivity contribution in [2.75, 3.05) is 16.8 Å². The average Bonchev–Trinajstić information content (AvgIpc) is 2.62. The van der Waals surface area contributed by atoms with E-state index >= 15 is 0 Å². The van der Waals surface area contributed by atoms with Gasteiger partial charge in [-0.05, 0) is 24.3 Å². The van der Waals surface area contributed by atoms with E-state index in [0.717, 1.165) is 11.8 Å². The summed E-state index contributed by atoms with van der Waals surface area (Å²) < 4.78 is 5.81. The predicted molar refractivity (Wildman–Crippen MR) is 102 cm³/mol. The number of amides is 1. The van der Waals surface area contributed by atoms with Crippen molar-refractivity contribution in [3.8, 4) is 11.5 Å². The maximum Gasteiger partial charge on any atom is 0.253 e. The molecule has 0 fully saturated rings. The van der Waals surface area contributed by atoms with E-state index in [0.29, 0.717) is 22.3 Å². The van der Waals surface area contributed by atoms with Gasteiger partial charge in [0, 0.05) is 6.07 Å². The van der Waals surface area contributed by atoms with Crippen LogP contribution in [0.5, 0.6) is 11.5 Å². The Morgan fingerprint density at radius 2 is 1.88 bits per heavy atom. The molecule has 0 spiro atoms. The van der Waals surface area contributed by atoms with E-state index in [1.165, 1.54) is 6.07 Å². The summed E-state index contributed by atoms with van der Waals surface area (Å²) >= 11 is 1.09. The Labute approximate surface area is 153 Å². The number of carbonyl (C=O) groups excluding carboxylic acids is 1. The fourth-order valence-corrected chi connectivity index (χ4v) is 2.80. The maximum atomic E-state index is 12.2. The molecule has 0 radical (unpaired) electrons. The largest absolute Gasteiger partial charge is 0.455 e. The highest BCUT2D eigenvalue weighted by molar-refractivity contribution is 7.99. The molecule has 0 unspecified atom stereocenters. The quantitative estimate of drug-likeness (QED) is 0.456. The van der Waals surface area contributed by atoms with Gasteiger partial charge < -0.3 is 20.8 Å². The third-order valence-corrected chi connectivity index (χ3v) is 4.09. The van der Waals surface area contributed by atoms with Gasteiger partial charge in [-0.3, -0.25) is 9.59 Å². The van der Waals surface area contributed by atoms with Gasteiger partial charge in [0.05, 0.1) is 11.4 Å². The Balaban J connectivity index is 1.65. The monoisotopic (exact) mass is 368 g/mol. The molecule has 0 saturated heterocycles. The number of benzene rings is 2. The predicted octanol–water partition coefficient (Wildman–Crippen LogP) is 2.88. The van der Waals surface area contributed by atoms with Crippen molar-refractivity contribution < 1.29 is 9.53 Å². The van der Waals surface area contributed by atoms with Gasteiger partial charge in [-0.25, -0.2) is 4.98 Å². The first-order valence-electron chi connectivity index (χ1n) is 7.71. The number of nitrogen functional groups attached to an aromatic ring is 1. The number of nitrogens with two attached hydrogens (primary N) is 1. The summed E-state index contributed by atoms with van der Waals surface area (Å²) in [6.45, 7) is 0. The molecule has 0 atom stereocenters. The normalized spacial score (nSPS) is 10.3. The Hall–Kier alpha value is -3.26. The Kier molecular flexibility index (Phi) is 5.55. The van der Waals surface area contributed by atoms with Gasteiger partial charge in [0.2, 0.25) is 5.91 Å². The van der Waals surface area contributed by atoms with Crippen molar-refractivity contribution in [3.63, 3.8) is 0 Å². The van der Waals surface area contributed by atoms with E-state index in [4.69, 9.17) is 10.5 Å². The van der Waals surface area contributed by atoms with Gasteiger partial charge in [0.25, 0.3) is 5.56 Å². The van der Waals surface area contributed by atoms with Crippen LogP contribution in [0.25, 0.3) is 0 Å². The van der Waals surface area contributed by atoms with Gasteiger partial charge >= 0.3 is 0 Å². The first-order chi connectivity index (χ1) is 12.6. The lowest BCUT2D eigenvalue weighted by molar-refractivity contribution is -0.113. The fourth-order valence-electron chi connectivity index (χ4n) is 2.12. The highest BCUT2D eigenvalue weighted by atomic mass is 32.2. The molecule has 0 bridgehead atoms. The van der Waals surface area contributed by atoms with Crippen LogP contribution < -0.4 is 21.3 Å². The third kappa shape index (κ3) is 4.87. The standard InChI is InChI=1S/C18H16N4O3S/c19-15-10-16(23)22-18(21-15)26-11-17(24)20-13-8-4-5-9-14(13)25-12-6-2-1-3-7-12/h1-10H,11H2,(H,20,24)(H3,19,21,22,23). The van der Waals surface area contributed by atoms with Crippen LogP contribution in [0.1, 0.15) is 0 Å². The Bertz CT molecular complexity index is 960. The molecule has 1 amide bonds. The van der Waals surface area contributed by atoms with Crippen LogP contribution in [-0.2, 0) is 4.79 Å². The lowest BCUT2D eigenvalue weighted by atomic mass is 10.3. The van der Waals surface area contributed by atoms with Crippen molar-refractivity contribution in [1.82, 2.24) is 9.97 Å². The molecule has 0 aliphatic carbocycles. The Morgan fingerprint density at radius 3 is 2.65 bits per heavy atom. The van der Waals surface area contributed by atoms with Crippen LogP contribution in [0.2, 0.25) is 0 Å². The van der Waals surface area contributed by atoms with E-state index in [9.17, 15) is 9.59 Å². The van der Waals surface area contributed by atoms with E-state index < -0.39 is 0 Å². The number of H-pyrrole nitrogens is 1. The molecule has 0 aliphatic rings.